The summed E-state index contributed by atoms with van der Waals surface area (Å²) in [5.74, 6) is 1.15. The second kappa shape index (κ2) is 4.67. The summed E-state index contributed by atoms with van der Waals surface area (Å²) in [4.78, 5) is 0. The molecule has 17 heavy (non-hydrogen) atoms. The SMILES string of the molecule is Fc1cccc2c1C(C1CCCCC1)CCN2. The number of benzene rings is 1. The van der Waals surface area contributed by atoms with Gasteiger partial charge in [0, 0.05) is 17.8 Å². The number of hydrogen-bond donors (Lipinski definition) is 1. The quantitative estimate of drug-likeness (QED) is 0.762. The van der Waals surface area contributed by atoms with E-state index in [1.165, 1.54) is 32.1 Å². The maximum Gasteiger partial charge on any atom is 0.128 e. The highest BCUT2D eigenvalue weighted by molar-refractivity contribution is 5.55. The van der Waals surface area contributed by atoms with Crippen molar-refractivity contribution in [2.45, 2.75) is 44.4 Å². The number of nitrogens with one attached hydrogen (secondary N) is 1. The van der Waals surface area contributed by atoms with E-state index in [0.717, 1.165) is 24.2 Å². The van der Waals surface area contributed by atoms with Crippen LogP contribution in [0, 0.1) is 11.7 Å². The molecule has 0 saturated heterocycles. The Balaban J connectivity index is 1.92. The van der Waals surface area contributed by atoms with Crippen LogP contribution in [0.1, 0.15) is 50.0 Å². The maximum atomic E-state index is 14.0. The monoisotopic (exact) mass is 233 g/mol. The lowest BCUT2D eigenvalue weighted by molar-refractivity contribution is 0.290. The second-order valence-electron chi connectivity index (χ2n) is 5.42. The van der Waals surface area contributed by atoms with Gasteiger partial charge in [-0.3, -0.25) is 0 Å². The molecule has 1 unspecified atom stereocenters. The van der Waals surface area contributed by atoms with Crippen molar-refractivity contribution >= 4 is 5.69 Å². The lowest BCUT2D eigenvalue weighted by atomic mass is 9.73. The van der Waals surface area contributed by atoms with Crippen molar-refractivity contribution < 1.29 is 4.39 Å². The summed E-state index contributed by atoms with van der Waals surface area (Å²) in [7, 11) is 0. The van der Waals surface area contributed by atoms with Crippen molar-refractivity contribution in [2.75, 3.05) is 11.9 Å². The van der Waals surface area contributed by atoms with Crippen molar-refractivity contribution in [1.29, 1.82) is 0 Å². The zero-order valence-corrected chi connectivity index (χ0v) is 10.2. The Morgan fingerprint density at radius 3 is 2.71 bits per heavy atom. The number of anilines is 1. The molecule has 0 bridgehead atoms. The standard InChI is InChI=1S/C15H20FN/c16-13-7-4-8-14-15(13)12(9-10-17-14)11-5-2-1-3-6-11/h4,7-8,11-12,17H,1-3,5-6,9-10H2. The Kier molecular flexibility index (Phi) is 3.04. The minimum atomic E-state index is -0.00901. The van der Waals surface area contributed by atoms with Gasteiger partial charge in [-0.05, 0) is 43.2 Å². The Hall–Kier alpha value is -1.05. The van der Waals surface area contributed by atoms with E-state index >= 15 is 0 Å². The molecule has 1 fully saturated rings. The van der Waals surface area contributed by atoms with E-state index in [0.29, 0.717) is 11.8 Å². The molecule has 1 atom stereocenters. The second-order valence-corrected chi connectivity index (χ2v) is 5.42. The molecule has 0 amide bonds. The Bertz CT molecular complexity index is 396. The molecule has 2 heteroatoms. The van der Waals surface area contributed by atoms with Crippen LogP contribution in [0.15, 0.2) is 18.2 Å². The highest BCUT2D eigenvalue weighted by Gasteiger charge is 2.30. The van der Waals surface area contributed by atoms with E-state index in [4.69, 9.17) is 0 Å². The zero-order valence-electron chi connectivity index (χ0n) is 10.2. The molecule has 1 aliphatic heterocycles. The van der Waals surface area contributed by atoms with Crippen LogP contribution in [0.25, 0.3) is 0 Å². The highest BCUT2D eigenvalue weighted by Crippen LogP contribution is 2.43. The average molecular weight is 233 g/mol. The summed E-state index contributed by atoms with van der Waals surface area (Å²) in [6, 6.07) is 5.44. The molecule has 3 rings (SSSR count). The van der Waals surface area contributed by atoms with Gasteiger partial charge in [0.15, 0.2) is 0 Å². The molecule has 1 aromatic carbocycles. The van der Waals surface area contributed by atoms with Crippen LogP contribution in [-0.4, -0.2) is 6.54 Å². The first-order valence-electron chi connectivity index (χ1n) is 6.88. The Labute approximate surface area is 102 Å². The van der Waals surface area contributed by atoms with Crippen molar-refractivity contribution in [1.82, 2.24) is 0 Å². The van der Waals surface area contributed by atoms with E-state index in [-0.39, 0.29) is 5.82 Å². The number of fused-ring (bicyclic) bond motifs is 1. The normalized spacial score (nSPS) is 25.1. The van der Waals surface area contributed by atoms with Crippen LogP contribution < -0.4 is 5.32 Å². The van der Waals surface area contributed by atoms with Crippen LogP contribution in [0.3, 0.4) is 0 Å². The van der Waals surface area contributed by atoms with Gasteiger partial charge >= 0.3 is 0 Å². The third-order valence-electron chi connectivity index (χ3n) is 4.41. The van der Waals surface area contributed by atoms with E-state index < -0.39 is 0 Å². The van der Waals surface area contributed by atoms with Crippen molar-refractivity contribution in [3.63, 3.8) is 0 Å². The van der Waals surface area contributed by atoms with E-state index in [1.54, 1.807) is 6.07 Å². The number of rotatable bonds is 1. The molecule has 1 heterocycles. The summed E-state index contributed by atoms with van der Waals surface area (Å²) in [6.07, 6.45) is 7.71. The Morgan fingerprint density at radius 2 is 1.88 bits per heavy atom. The molecular formula is C15H20FN. The zero-order chi connectivity index (χ0) is 11.7. The molecule has 1 saturated carbocycles. The predicted molar refractivity (Wildman–Crippen MR) is 68.8 cm³/mol. The van der Waals surface area contributed by atoms with Gasteiger partial charge < -0.3 is 5.32 Å². The van der Waals surface area contributed by atoms with Crippen LogP contribution in [0.4, 0.5) is 10.1 Å². The molecule has 2 aliphatic rings. The van der Waals surface area contributed by atoms with Gasteiger partial charge in [0.05, 0.1) is 0 Å². The molecule has 1 N–H and O–H groups in total. The molecule has 1 aliphatic carbocycles. The third-order valence-corrected chi connectivity index (χ3v) is 4.41. The van der Waals surface area contributed by atoms with E-state index in [2.05, 4.69) is 5.32 Å². The first-order chi connectivity index (χ1) is 8.36. The molecular weight excluding hydrogens is 213 g/mol. The van der Waals surface area contributed by atoms with Crippen molar-refractivity contribution in [3.05, 3.63) is 29.6 Å². The minimum absolute atomic E-state index is 0.00901. The minimum Gasteiger partial charge on any atom is -0.385 e. The lowest BCUT2D eigenvalue weighted by Crippen LogP contribution is -2.25. The van der Waals surface area contributed by atoms with Crippen LogP contribution >= 0.6 is 0 Å². The van der Waals surface area contributed by atoms with Gasteiger partial charge in [-0.25, -0.2) is 4.39 Å². The van der Waals surface area contributed by atoms with E-state index in [9.17, 15) is 4.39 Å². The molecule has 0 aromatic heterocycles. The molecule has 0 spiro atoms. The molecule has 92 valence electrons. The third kappa shape index (κ3) is 2.05. The van der Waals surface area contributed by atoms with Crippen LogP contribution in [0.5, 0.6) is 0 Å². The highest BCUT2D eigenvalue weighted by atomic mass is 19.1. The molecule has 0 radical (unpaired) electrons. The van der Waals surface area contributed by atoms with Gasteiger partial charge in [-0.1, -0.05) is 25.3 Å². The van der Waals surface area contributed by atoms with Crippen LogP contribution in [0.2, 0.25) is 0 Å². The average Bonchev–Trinajstić information content (AvgIpc) is 2.39. The smallest absolute Gasteiger partial charge is 0.128 e. The van der Waals surface area contributed by atoms with Crippen molar-refractivity contribution in [3.8, 4) is 0 Å². The summed E-state index contributed by atoms with van der Waals surface area (Å²) >= 11 is 0. The van der Waals surface area contributed by atoms with Gasteiger partial charge in [-0.15, -0.1) is 0 Å². The van der Waals surface area contributed by atoms with Crippen LogP contribution in [-0.2, 0) is 0 Å². The van der Waals surface area contributed by atoms with Crippen molar-refractivity contribution in [2.24, 2.45) is 5.92 Å². The fourth-order valence-electron chi connectivity index (χ4n) is 3.58. The topological polar surface area (TPSA) is 12.0 Å². The van der Waals surface area contributed by atoms with Gasteiger partial charge in [0.25, 0.3) is 0 Å². The first kappa shape index (κ1) is 11.1. The maximum absolute atomic E-state index is 14.0. The largest absolute Gasteiger partial charge is 0.385 e. The predicted octanol–water partition coefficient (Wildman–Crippen LogP) is 4.31. The Morgan fingerprint density at radius 1 is 1.06 bits per heavy atom. The molecule has 1 aromatic rings. The lowest BCUT2D eigenvalue weighted by Gasteiger charge is -2.35. The first-order valence-corrected chi connectivity index (χ1v) is 6.88. The van der Waals surface area contributed by atoms with E-state index in [1.807, 2.05) is 12.1 Å². The van der Waals surface area contributed by atoms with Gasteiger partial charge in [0.1, 0.15) is 5.82 Å². The number of hydrogen-bond acceptors (Lipinski definition) is 1. The number of halogens is 1. The van der Waals surface area contributed by atoms with Gasteiger partial charge in [0.2, 0.25) is 0 Å². The summed E-state index contributed by atoms with van der Waals surface area (Å²) in [5, 5.41) is 3.33. The fraction of sp³-hybridized carbons (Fsp3) is 0.600. The fourth-order valence-corrected chi connectivity index (χ4v) is 3.58. The molecule has 1 nitrogen and oxygen atoms in total. The summed E-state index contributed by atoms with van der Waals surface area (Å²) in [6.45, 7) is 0.998. The van der Waals surface area contributed by atoms with Gasteiger partial charge in [-0.2, -0.15) is 0 Å². The summed E-state index contributed by atoms with van der Waals surface area (Å²) in [5.41, 5.74) is 2.00. The summed E-state index contributed by atoms with van der Waals surface area (Å²) < 4.78 is 14.0.